The van der Waals surface area contributed by atoms with Crippen LogP contribution in [0.15, 0.2) is 89.8 Å². The van der Waals surface area contributed by atoms with E-state index in [1.807, 2.05) is 79.7 Å². The summed E-state index contributed by atoms with van der Waals surface area (Å²) in [5, 5.41) is 0. The smallest absolute Gasteiger partial charge is 0.313 e. The number of esters is 1. The number of benzene rings is 3. The number of carbonyl (C=O) groups is 1. The minimum absolute atomic E-state index is 0.175. The van der Waals surface area contributed by atoms with Crippen molar-refractivity contribution in [2.75, 3.05) is 13.1 Å². The third kappa shape index (κ3) is 6.19. The van der Waals surface area contributed by atoms with Crippen molar-refractivity contribution in [3.8, 4) is 0 Å². The molecule has 184 valence electrons. The molecule has 0 aliphatic carbocycles. The van der Waals surface area contributed by atoms with Gasteiger partial charge in [-0.2, -0.15) is 4.31 Å². The number of carbonyl (C=O) groups excluding carboxylic acids is 1. The predicted octanol–water partition coefficient (Wildman–Crippen LogP) is 5.70. The fourth-order valence-corrected chi connectivity index (χ4v) is 6.12. The first-order valence-corrected chi connectivity index (χ1v) is 13.5. The van der Waals surface area contributed by atoms with Crippen LogP contribution in [0.25, 0.3) is 0 Å². The zero-order valence-electron chi connectivity index (χ0n) is 20.4. The minimum atomic E-state index is -3.52. The van der Waals surface area contributed by atoms with Crippen molar-refractivity contribution in [1.29, 1.82) is 0 Å². The first kappa shape index (κ1) is 25.1. The lowest BCUT2D eigenvalue weighted by molar-refractivity contribution is -0.148. The molecule has 0 N–H and O–H groups in total. The lowest BCUT2D eigenvalue weighted by Crippen LogP contribution is -2.43. The quantitative estimate of drug-likeness (QED) is 0.379. The number of ether oxygens (including phenoxy) is 1. The first-order valence-electron chi connectivity index (χ1n) is 12.1. The Balaban J connectivity index is 1.45. The third-order valence-electron chi connectivity index (χ3n) is 7.00. The largest absolute Gasteiger partial charge is 0.460 e. The van der Waals surface area contributed by atoms with E-state index in [0.717, 1.165) is 16.7 Å². The molecule has 3 aromatic carbocycles. The van der Waals surface area contributed by atoms with Crippen molar-refractivity contribution in [3.05, 3.63) is 102 Å². The summed E-state index contributed by atoms with van der Waals surface area (Å²) >= 11 is 0. The van der Waals surface area contributed by atoms with Crippen LogP contribution in [0.1, 0.15) is 48.8 Å². The SMILES string of the molecule is Cc1ccc(S(=O)(=O)N2CCC(C)(C[C@@H](C(=O)OCc3ccccc3)c3ccccc3)CC2)cc1. The molecule has 0 saturated carbocycles. The van der Waals surface area contributed by atoms with Crippen molar-refractivity contribution in [2.45, 2.75) is 50.5 Å². The van der Waals surface area contributed by atoms with Gasteiger partial charge in [0, 0.05) is 13.1 Å². The number of nitrogens with zero attached hydrogens (tertiary/aromatic N) is 1. The highest BCUT2D eigenvalue weighted by Crippen LogP contribution is 2.41. The Hall–Kier alpha value is -2.96. The van der Waals surface area contributed by atoms with Crippen molar-refractivity contribution in [3.63, 3.8) is 0 Å². The van der Waals surface area contributed by atoms with Gasteiger partial charge in [-0.25, -0.2) is 8.42 Å². The third-order valence-corrected chi connectivity index (χ3v) is 8.91. The van der Waals surface area contributed by atoms with Crippen molar-refractivity contribution in [2.24, 2.45) is 5.41 Å². The molecule has 4 rings (SSSR count). The monoisotopic (exact) mass is 491 g/mol. The molecule has 3 aromatic rings. The predicted molar refractivity (Wildman–Crippen MR) is 137 cm³/mol. The molecule has 1 saturated heterocycles. The molecule has 0 bridgehead atoms. The van der Waals surface area contributed by atoms with E-state index in [-0.39, 0.29) is 18.0 Å². The van der Waals surface area contributed by atoms with Gasteiger partial charge in [-0.15, -0.1) is 0 Å². The van der Waals surface area contributed by atoms with Gasteiger partial charge in [-0.1, -0.05) is 85.3 Å². The van der Waals surface area contributed by atoms with Gasteiger partial charge >= 0.3 is 5.97 Å². The molecule has 0 spiro atoms. The zero-order valence-corrected chi connectivity index (χ0v) is 21.2. The Labute approximate surface area is 208 Å². The highest BCUT2D eigenvalue weighted by atomic mass is 32.2. The summed E-state index contributed by atoms with van der Waals surface area (Å²) in [6.45, 7) is 5.21. The van der Waals surface area contributed by atoms with E-state index in [0.29, 0.717) is 37.2 Å². The molecular formula is C29H33NO4S. The number of hydrogen-bond acceptors (Lipinski definition) is 4. The maximum Gasteiger partial charge on any atom is 0.313 e. The average molecular weight is 492 g/mol. The van der Waals surface area contributed by atoms with E-state index < -0.39 is 15.9 Å². The van der Waals surface area contributed by atoms with Gasteiger partial charge < -0.3 is 4.74 Å². The lowest BCUT2D eigenvalue weighted by Gasteiger charge is -2.40. The van der Waals surface area contributed by atoms with E-state index >= 15 is 0 Å². The van der Waals surface area contributed by atoms with Crippen molar-refractivity contribution < 1.29 is 17.9 Å². The molecule has 6 heteroatoms. The Morgan fingerprint density at radius 2 is 1.49 bits per heavy atom. The van der Waals surface area contributed by atoms with Crippen LogP contribution >= 0.6 is 0 Å². The lowest BCUT2D eigenvalue weighted by atomic mass is 9.72. The molecule has 1 atom stereocenters. The summed E-state index contributed by atoms with van der Waals surface area (Å²) in [4.78, 5) is 13.6. The molecular weight excluding hydrogens is 458 g/mol. The number of hydrogen-bond donors (Lipinski definition) is 0. The number of aryl methyl sites for hydroxylation is 1. The molecule has 1 fully saturated rings. The second kappa shape index (κ2) is 10.8. The second-order valence-corrected chi connectivity index (χ2v) is 11.7. The molecule has 0 radical (unpaired) electrons. The van der Waals surface area contributed by atoms with Crippen molar-refractivity contribution >= 4 is 16.0 Å². The van der Waals surface area contributed by atoms with E-state index in [9.17, 15) is 13.2 Å². The van der Waals surface area contributed by atoms with Gasteiger partial charge in [0.05, 0.1) is 10.8 Å². The van der Waals surface area contributed by atoms with Crippen LogP contribution in [0.4, 0.5) is 0 Å². The van der Waals surface area contributed by atoms with Gasteiger partial charge in [0.25, 0.3) is 0 Å². The zero-order chi connectivity index (χ0) is 24.9. The van der Waals surface area contributed by atoms with Gasteiger partial charge in [-0.05, 0) is 54.9 Å². The average Bonchev–Trinajstić information content (AvgIpc) is 2.87. The summed E-state index contributed by atoms with van der Waals surface area (Å²) in [6.07, 6.45) is 1.99. The van der Waals surface area contributed by atoms with Gasteiger partial charge in [0.1, 0.15) is 6.61 Å². The fraction of sp³-hybridized carbons (Fsp3) is 0.345. The standard InChI is InChI=1S/C29H33NO4S/c1-23-13-15-26(16-14-23)35(32,33)30-19-17-29(2,18-20-30)21-27(25-11-7-4-8-12-25)28(31)34-22-24-9-5-3-6-10-24/h3-16,27H,17-22H2,1-2H3/t27-/m1/s1. The molecule has 1 heterocycles. The highest BCUT2D eigenvalue weighted by Gasteiger charge is 2.39. The highest BCUT2D eigenvalue weighted by molar-refractivity contribution is 7.89. The first-order chi connectivity index (χ1) is 16.8. The van der Waals surface area contributed by atoms with Crippen LogP contribution in [0.3, 0.4) is 0 Å². The number of rotatable bonds is 8. The van der Waals surface area contributed by atoms with Gasteiger partial charge in [0.2, 0.25) is 10.0 Å². The van der Waals surface area contributed by atoms with E-state index in [1.165, 1.54) is 0 Å². The molecule has 1 aliphatic rings. The summed E-state index contributed by atoms with van der Waals surface area (Å²) in [5.74, 6) is -0.638. The Kier molecular flexibility index (Phi) is 7.72. The maximum absolute atomic E-state index is 13.2. The topological polar surface area (TPSA) is 63.7 Å². The van der Waals surface area contributed by atoms with Crippen LogP contribution in [-0.4, -0.2) is 31.8 Å². The van der Waals surface area contributed by atoms with Crippen molar-refractivity contribution in [1.82, 2.24) is 4.31 Å². The van der Waals surface area contributed by atoms with Crippen LogP contribution in [0.5, 0.6) is 0 Å². The van der Waals surface area contributed by atoms with Crippen LogP contribution in [-0.2, 0) is 26.2 Å². The molecule has 5 nitrogen and oxygen atoms in total. The molecule has 0 aromatic heterocycles. The van der Waals surface area contributed by atoms with E-state index in [4.69, 9.17) is 4.74 Å². The Morgan fingerprint density at radius 1 is 0.914 bits per heavy atom. The summed E-state index contributed by atoms with van der Waals surface area (Å²) < 4.78 is 33.6. The number of piperidine rings is 1. The van der Waals surface area contributed by atoms with E-state index in [1.54, 1.807) is 16.4 Å². The number of sulfonamides is 1. The van der Waals surface area contributed by atoms with Gasteiger partial charge in [0.15, 0.2) is 0 Å². The van der Waals surface area contributed by atoms with E-state index in [2.05, 4.69) is 6.92 Å². The van der Waals surface area contributed by atoms with Crippen LogP contribution in [0, 0.1) is 12.3 Å². The molecule has 1 aliphatic heterocycles. The minimum Gasteiger partial charge on any atom is -0.460 e. The molecule has 0 amide bonds. The second-order valence-electron chi connectivity index (χ2n) is 9.79. The summed E-state index contributed by atoms with van der Waals surface area (Å²) in [7, 11) is -3.52. The maximum atomic E-state index is 13.2. The van der Waals surface area contributed by atoms with Crippen LogP contribution < -0.4 is 0 Å². The molecule has 35 heavy (non-hydrogen) atoms. The van der Waals surface area contributed by atoms with Crippen LogP contribution in [0.2, 0.25) is 0 Å². The summed E-state index contributed by atoms with van der Waals surface area (Å²) in [5.41, 5.74) is 2.74. The van der Waals surface area contributed by atoms with Gasteiger partial charge in [-0.3, -0.25) is 4.79 Å². The Morgan fingerprint density at radius 3 is 2.09 bits per heavy atom. The molecule has 0 unspecified atom stereocenters. The Bertz CT molecular complexity index is 1220. The fourth-order valence-electron chi connectivity index (χ4n) is 4.67. The summed E-state index contributed by atoms with van der Waals surface area (Å²) in [6, 6.07) is 26.4. The normalized spacial score (nSPS) is 17.0.